The van der Waals surface area contributed by atoms with Crippen LogP contribution in [-0.4, -0.2) is 16.6 Å². The Balaban J connectivity index is 2.23. The number of para-hydroxylation sites is 1. The lowest BCUT2D eigenvalue weighted by Gasteiger charge is -2.10. The van der Waals surface area contributed by atoms with Gasteiger partial charge >= 0.3 is 0 Å². The largest absolute Gasteiger partial charge is 0.492 e. The molecule has 4 nitrogen and oxygen atoms in total. The van der Waals surface area contributed by atoms with E-state index in [0.29, 0.717) is 23.2 Å². The molecule has 18 heavy (non-hydrogen) atoms. The summed E-state index contributed by atoms with van der Waals surface area (Å²) in [6.07, 6.45) is 3.58. The molecule has 94 valence electrons. The first-order valence-electron chi connectivity index (χ1n) is 5.68. The van der Waals surface area contributed by atoms with Crippen LogP contribution in [0.5, 0.6) is 5.75 Å². The molecule has 0 aliphatic carbocycles. The average Bonchev–Trinajstić information content (AvgIpc) is 2.37. The Bertz CT molecular complexity index is 528. The van der Waals surface area contributed by atoms with Gasteiger partial charge in [0.2, 0.25) is 0 Å². The molecule has 1 heterocycles. The Morgan fingerprint density at radius 2 is 2.00 bits per heavy atom. The van der Waals surface area contributed by atoms with Crippen LogP contribution in [-0.2, 0) is 0 Å². The number of hydrogen-bond acceptors (Lipinski definition) is 5. The van der Waals surface area contributed by atoms with Crippen LogP contribution < -0.4 is 10.5 Å². The summed E-state index contributed by atoms with van der Waals surface area (Å²) in [7, 11) is 0. The van der Waals surface area contributed by atoms with E-state index in [1.807, 2.05) is 32.0 Å². The highest BCUT2D eigenvalue weighted by molar-refractivity contribution is 7.99. The highest BCUT2D eigenvalue weighted by Gasteiger charge is 2.08. The molecule has 0 radical (unpaired) electrons. The molecular weight excluding hydrogens is 246 g/mol. The molecule has 2 aromatic rings. The molecular formula is C13H15N3OS. The molecule has 0 aliphatic rings. The summed E-state index contributed by atoms with van der Waals surface area (Å²) in [5, 5.41) is 0.681. The molecule has 0 fully saturated rings. The van der Waals surface area contributed by atoms with Crippen LogP contribution in [0.3, 0.4) is 0 Å². The number of rotatable bonds is 4. The third-order valence-corrected chi connectivity index (χ3v) is 3.25. The molecule has 0 saturated heterocycles. The van der Waals surface area contributed by atoms with Gasteiger partial charge in [0.1, 0.15) is 5.75 Å². The van der Waals surface area contributed by atoms with Crippen LogP contribution in [0.1, 0.15) is 12.5 Å². The number of aromatic nitrogens is 2. The monoisotopic (exact) mass is 261 g/mol. The average molecular weight is 261 g/mol. The molecule has 0 bridgehead atoms. The van der Waals surface area contributed by atoms with Crippen molar-refractivity contribution < 1.29 is 4.74 Å². The van der Waals surface area contributed by atoms with Gasteiger partial charge in [-0.15, -0.1) is 0 Å². The number of nitrogens with zero attached hydrogens (tertiary/aromatic N) is 2. The zero-order valence-corrected chi connectivity index (χ0v) is 11.2. The number of hydrogen-bond donors (Lipinski definition) is 1. The SMILES string of the molecule is CCOc1cccc(Sc2ncc(C)cn2)c1N. The van der Waals surface area contributed by atoms with E-state index < -0.39 is 0 Å². The molecule has 2 rings (SSSR count). The van der Waals surface area contributed by atoms with Gasteiger partial charge in [-0.05, 0) is 43.3 Å². The Hall–Kier alpha value is -1.75. The molecule has 1 aromatic heterocycles. The fourth-order valence-electron chi connectivity index (χ4n) is 1.43. The summed E-state index contributed by atoms with van der Waals surface area (Å²) in [6.45, 7) is 4.49. The first kappa shape index (κ1) is 12.7. The summed E-state index contributed by atoms with van der Waals surface area (Å²) in [5.41, 5.74) is 7.72. The van der Waals surface area contributed by atoms with Crippen LogP contribution >= 0.6 is 11.8 Å². The summed E-state index contributed by atoms with van der Waals surface area (Å²) in [4.78, 5) is 9.40. The zero-order valence-electron chi connectivity index (χ0n) is 10.4. The lowest BCUT2D eigenvalue weighted by molar-refractivity contribution is 0.341. The van der Waals surface area contributed by atoms with Crippen LogP contribution in [0.2, 0.25) is 0 Å². The summed E-state index contributed by atoms with van der Waals surface area (Å²) in [5.74, 6) is 0.703. The highest BCUT2D eigenvalue weighted by atomic mass is 32.2. The Morgan fingerprint density at radius 1 is 1.28 bits per heavy atom. The van der Waals surface area contributed by atoms with E-state index >= 15 is 0 Å². The Kier molecular flexibility index (Phi) is 4.04. The van der Waals surface area contributed by atoms with Crippen molar-refractivity contribution in [2.45, 2.75) is 23.9 Å². The van der Waals surface area contributed by atoms with Crippen molar-refractivity contribution in [2.75, 3.05) is 12.3 Å². The van der Waals surface area contributed by atoms with Gasteiger partial charge in [0.15, 0.2) is 5.16 Å². The molecule has 5 heteroatoms. The first-order chi connectivity index (χ1) is 8.70. The number of nitrogen functional groups attached to an aromatic ring is 1. The Morgan fingerprint density at radius 3 is 2.67 bits per heavy atom. The minimum atomic E-state index is 0.597. The van der Waals surface area contributed by atoms with Gasteiger partial charge in [0.05, 0.1) is 12.3 Å². The van der Waals surface area contributed by atoms with E-state index in [1.165, 1.54) is 11.8 Å². The Labute approximate surface area is 111 Å². The fraction of sp³-hybridized carbons (Fsp3) is 0.231. The van der Waals surface area contributed by atoms with Gasteiger partial charge in [-0.25, -0.2) is 9.97 Å². The van der Waals surface area contributed by atoms with Crippen LogP contribution in [0.25, 0.3) is 0 Å². The van der Waals surface area contributed by atoms with E-state index in [9.17, 15) is 0 Å². The third-order valence-electron chi connectivity index (χ3n) is 2.28. The van der Waals surface area contributed by atoms with E-state index in [4.69, 9.17) is 10.5 Å². The minimum Gasteiger partial charge on any atom is -0.492 e. The van der Waals surface area contributed by atoms with E-state index in [2.05, 4.69) is 9.97 Å². The molecule has 0 saturated carbocycles. The highest BCUT2D eigenvalue weighted by Crippen LogP contribution is 2.35. The summed E-state index contributed by atoms with van der Waals surface area (Å²) >= 11 is 1.44. The molecule has 1 aromatic carbocycles. The van der Waals surface area contributed by atoms with E-state index in [1.54, 1.807) is 12.4 Å². The molecule has 0 unspecified atom stereocenters. The van der Waals surface area contributed by atoms with Crippen LogP contribution in [0.15, 0.2) is 40.6 Å². The van der Waals surface area contributed by atoms with Crippen molar-refractivity contribution in [3.63, 3.8) is 0 Å². The lowest BCUT2D eigenvalue weighted by atomic mass is 10.3. The maximum Gasteiger partial charge on any atom is 0.192 e. The van der Waals surface area contributed by atoms with Crippen molar-refractivity contribution in [1.29, 1.82) is 0 Å². The topological polar surface area (TPSA) is 61.0 Å². The number of anilines is 1. The van der Waals surface area contributed by atoms with Crippen LogP contribution in [0.4, 0.5) is 5.69 Å². The zero-order chi connectivity index (χ0) is 13.0. The molecule has 0 amide bonds. The molecule has 0 aliphatic heterocycles. The predicted molar refractivity (Wildman–Crippen MR) is 72.9 cm³/mol. The van der Waals surface area contributed by atoms with Gasteiger partial charge in [-0.2, -0.15) is 0 Å². The smallest absolute Gasteiger partial charge is 0.192 e. The maximum atomic E-state index is 6.05. The first-order valence-corrected chi connectivity index (χ1v) is 6.50. The number of ether oxygens (including phenoxy) is 1. The minimum absolute atomic E-state index is 0.597. The van der Waals surface area contributed by atoms with Crippen molar-refractivity contribution in [1.82, 2.24) is 9.97 Å². The standard InChI is InChI=1S/C13H15N3OS/c1-3-17-10-5-4-6-11(12(10)14)18-13-15-7-9(2)8-16-13/h4-8H,3,14H2,1-2H3. The second-order valence-corrected chi connectivity index (χ2v) is 4.76. The van der Waals surface area contributed by atoms with Gasteiger partial charge in [0.25, 0.3) is 0 Å². The molecule has 0 atom stereocenters. The van der Waals surface area contributed by atoms with Gasteiger partial charge < -0.3 is 10.5 Å². The van der Waals surface area contributed by atoms with Crippen molar-refractivity contribution in [2.24, 2.45) is 0 Å². The van der Waals surface area contributed by atoms with Crippen LogP contribution in [0, 0.1) is 6.92 Å². The van der Waals surface area contributed by atoms with Crippen molar-refractivity contribution in [3.05, 3.63) is 36.2 Å². The fourth-order valence-corrected chi connectivity index (χ4v) is 2.19. The second-order valence-electron chi connectivity index (χ2n) is 3.75. The predicted octanol–water partition coefficient (Wildman–Crippen LogP) is 2.92. The van der Waals surface area contributed by atoms with Gasteiger partial charge in [-0.1, -0.05) is 6.07 Å². The quantitative estimate of drug-likeness (QED) is 0.677. The third kappa shape index (κ3) is 2.92. The number of nitrogens with two attached hydrogens (primary N) is 1. The summed E-state index contributed by atoms with van der Waals surface area (Å²) in [6, 6.07) is 5.71. The number of aryl methyl sites for hydroxylation is 1. The summed E-state index contributed by atoms with van der Waals surface area (Å²) < 4.78 is 5.45. The van der Waals surface area contributed by atoms with Crippen molar-refractivity contribution in [3.8, 4) is 5.75 Å². The number of benzene rings is 1. The van der Waals surface area contributed by atoms with Gasteiger partial charge in [-0.3, -0.25) is 0 Å². The van der Waals surface area contributed by atoms with Gasteiger partial charge in [0, 0.05) is 17.3 Å². The van der Waals surface area contributed by atoms with E-state index in [-0.39, 0.29) is 0 Å². The van der Waals surface area contributed by atoms with E-state index in [0.717, 1.165) is 10.5 Å². The maximum absolute atomic E-state index is 6.05. The molecule has 2 N–H and O–H groups in total. The van der Waals surface area contributed by atoms with Crippen molar-refractivity contribution >= 4 is 17.4 Å². The normalized spacial score (nSPS) is 10.3. The second kappa shape index (κ2) is 5.73. The lowest BCUT2D eigenvalue weighted by Crippen LogP contribution is -1.98. The molecule has 0 spiro atoms.